The topological polar surface area (TPSA) is 23.8 Å². The van der Waals surface area contributed by atoms with Crippen molar-refractivity contribution in [2.45, 2.75) is 0 Å². The van der Waals surface area contributed by atoms with Crippen LogP contribution < -0.4 is 17.0 Å². The Hall–Kier alpha value is -0.0700. The number of rotatable bonds is 1. The molecular formula is C5H11BrN2. The molecule has 2 nitrogen and oxygen atoms in total. The summed E-state index contributed by atoms with van der Waals surface area (Å²) >= 11 is 0. The zero-order valence-corrected chi connectivity index (χ0v) is 7.07. The Morgan fingerprint density at radius 3 is 1.75 bits per heavy atom. The quantitative estimate of drug-likeness (QED) is 0.315. The standard InChI is InChI=1S/C5H11N2.BrH/c1-7(2,3)5-4-6;/h5H2,1-3H3;1H/q+1;/p-1. The van der Waals surface area contributed by atoms with Crippen LogP contribution in [-0.2, 0) is 0 Å². The van der Waals surface area contributed by atoms with Crippen LogP contribution in [-0.4, -0.2) is 32.2 Å². The van der Waals surface area contributed by atoms with Crippen molar-refractivity contribution in [1.82, 2.24) is 0 Å². The summed E-state index contributed by atoms with van der Waals surface area (Å²) in [6.07, 6.45) is 0. The van der Waals surface area contributed by atoms with Crippen molar-refractivity contribution in [3.8, 4) is 6.07 Å². The van der Waals surface area contributed by atoms with Gasteiger partial charge in [-0.2, -0.15) is 5.26 Å². The molecule has 0 radical (unpaired) electrons. The first-order valence-corrected chi connectivity index (χ1v) is 2.24. The fraction of sp³-hybridized carbons (Fsp3) is 0.800. The lowest BCUT2D eigenvalue weighted by molar-refractivity contribution is -0.863. The molecule has 0 aromatic rings. The molecule has 0 aromatic carbocycles. The highest BCUT2D eigenvalue weighted by atomic mass is 79.9. The van der Waals surface area contributed by atoms with Crippen molar-refractivity contribution in [3.63, 3.8) is 0 Å². The zero-order chi connectivity index (χ0) is 5.91. The maximum absolute atomic E-state index is 8.14. The van der Waals surface area contributed by atoms with Gasteiger partial charge in [-0.25, -0.2) is 0 Å². The van der Waals surface area contributed by atoms with Crippen LogP contribution in [0.25, 0.3) is 0 Å². The van der Waals surface area contributed by atoms with Gasteiger partial charge in [0.1, 0.15) is 6.07 Å². The van der Waals surface area contributed by atoms with Gasteiger partial charge in [-0.3, -0.25) is 0 Å². The average Bonchev–Trinajstić information content (AvgIpc) is 1.30. The summed E-state index contributed by atoms with van der Waals surface area (Å²) < 4.78 is 0.733. The zero-order valence-electron chi connectivity index (χ0n) is 5.48. The summed E-state index contributed by atoms with van der Waals surface area (Å²) in [5, 5.41) is 8.14. The van der Waals surface area contributed by atoms with E-state index in [1.54, 1.807) is 0 Å². The SMILES string of the molecule is C[N+](C)(C)CC#N.[Br-]. The predicted octanol–water partition coefficient (Wildman–Crippen LogP) is -2.78. The number of halogens is 1. The van der Waals surface area contributed by atoms with Crippen LogP contribution in [0.3, 0.4) is 0 Å². The van der Waals surface area contributed by atoms with E-state index >= 15 is 0 Å². The minimum absolute atomic E-state index is 0. The lowest BCUT2D eigenvalue weighted by atomic mass is 10.6. The molecular weight excluding hydrogens is 168 g/mol. The van der Waals surface area contributed by atoms with Crippen molar-refractivity contribution in [1.29, 1.82) is 5.26 Å². The third kappa shape index (κ3) is 9.33. The molecule has 3 heteroatoms. The van der Waals surface area contributed by atoms with Crippen molar-refractivity contribution in [2.75, 3.05) is 27.7 Å². The van der Waals surface area contributed by atoms with Crippen LogP contribution >= 0.6 is 0 Å². The highest BCUT2D eigenvalue weighted by Gasteiger charge is 2.01. The van der Waals surface area contributed by atoms with Crippen LogP contribution in [0.15, 0.2) is 0 Å². The van der Waals surface area contributed by atoms with Gasteiger partial charge in [-0.05, 0) is 0 Å². The molecule has 0 spiro atoms. The fourth-order valence-electron chi connectivity index (χ4n) is 0.212. The number of hydrogen-bond acceptors (Lipinski definition) is 1. The van der Waals surface area contributed by atoms with Crippen LogP contribution in [0.5, 0.6) is 0 Å². The summed E-state index contributed by atoms with van der Waals surface area (Å²) in [5.74, 6) is 0. The average molecular weight is 179 g/mol. The maximum atomic E-state index is 8.14. The molecule has 0 aliphatic carbocycles. The summed E-state index contributed by atoms with van der Waals surface area (Å²) in [5.41, 5.74) is 0. The highest BCUT2D eigenvalue weighted by Crippen LogP contribution is 1.84. The Labute approximate surface area is 61.1 Å². The van der Waals surface area contributed by atoms with E-state index in [9.17, 15) is 0 Å². The van der Waals surface area contributed by atoms with Gasteiger partial charge in [0.05, 0.1) is 21.1 Å². The number of quaternary nitrogens is 1. The van der Waals surface area contributed by atoms with Crippen molar-refractivity contribution < 1.29 is 21.5 Å². The predicted molar refractivity (Wildman–Crippen MR) is 28.5 cm³/mol. The van der Waals surface area contributed by atoms with Gasteiger partial charge >= 0.3 is 0 Å². The van der Waals surface area contributed by atoms with Gasteiger partial charge in [0.2, 0.25) is 0 Å². The molecule has 0 aliphatic rings. The second kappa shape index (κ2) is 3.88. The minimum atomic E-state index is 0. The van der Waals surface area contributed by atoms with Gasteiger partial charge < -0.3 is 21.5 Å². The van der Waals surface area contributed by atoms with Gasteiger partial charge in [-0.1, -0.05) is 0 Å². The molecule has 48 valence electrons. The van der Waals surface area contributed by atoms with Gasteiger partial charge in [-0.15, -0.1) is 0 Å². The van der Waals surface area contributed by atoms with E-state index in [4.69, 9.17) is 5.26 Å². The Bertz CT molecular complexity index is 87.6. The van der Waals surface area contributed by atoms with Gasteiger partial charge in [0.25, 0.3) is 0 Å². The summed E-state index contributed by atoms with van der Waals surface area (Å²) in [4.78, 5) is 0. The molecule has 0 saturated carbocycles. The molecule has 0 unspecified atom stereocenters. The molecule has 0 aliphatic heterocycles. The molecule has 8 heavy (non-hydrogen) atoms. The highest BCUT2D eigenvalue weighted by molar-refractivity contribution is 4.65. The van der Waals surface area contributed by atoms with E-state index in [-0.39, 0.29) is 17.0 Å². The van der Waals surface area contributed by atoms with Crippen molar-refractivity contribution >= 4 is 0 Å². The molecule has 0 aromatic heterocycles. The van der Waals surface area contributed by atoms with E-state index in [1.807, 2.05) is 21.1 Å². The molecule has 0 atom stereocenters. The monoisotopic (exact) mass is 178 g/mol. The number of nitriles is 1. The second-order valence-corrected chi connectivity index (χ2v) is 2.61. The molecule has 0 bridgehead atoms. The molecule has 0 saturated heterocycles. The Morgan fingerprint density at radius 2 is 1.75 bits per heavy atom. The maximum Gasteiger partial charge on any atom is 0.165 e. The normalized spacial score (nSPS) is 9.25. The molecule has 0 amide bonds. The minimum Gasteiger partial charge on any atom is -1.00 e. The number of hydrogen-bond donors (Lipinski definition) is 0. The third-order valence-corrected chi connectivity index (χ3v) is 0.545. The fourth-order valence-corrected chi connectivity index (χ4v) is 0.212. The Morgan fingerprint density at radius 1 is 1.38 bits per heavy atom. The van der Waals surface area contributed by atoms with E-state index in [0.29, 0.717) is 6.54 Å². The number of nitrogens with zero attached hydrogens (tertiary/aromatic N) is 2. The second-order valence-electron chi connectivity index (χ2n) is 2.61. The Kier molecular flexibility index (Phi) is 5.25. The van der Waals surface area contributed by atoms with E-state index < -0.39 is 0 Å². The van der Waals surface area contributed by atoms with Gasteiger partial charge in [0, 0.05) is 0 Å². The van der Waals surface area contributed by atoms with Crippen molar-refractivity contribution in [3.05, 3.63) is 0 Å². The Balaban J connectivity index is 0. The lowest BCUT2D eigenvalue weighted by Crippen LogP contribution is -3.00. The molecule has 0 heterocycles. The van der Waals surface area contributed by atoms with Crippen molar-refractivity contribution in [2.24, 2.45) is 0 Å². The summed E-state index contributed by atoms with van der Waals surface area (Å²) in [6.45, 7) is 0.583. The van der Waals surface area contributed by atoms with Crippen LogP contribution in [0, 0.1) is 11.3 Å². The smallest absolute Gasteiger partial charge is 0.165 e. The van der Waals surface area contributed by atoms with Gasteiger partial charge in [0.15, 0.2) is 6.54 Å². The third-order valence-electron chi connectivity index (χ3n) is 0.545. The van der Waals surface area contributed by atoms with Crippen LogP contribution in [0.4, 0.5) is 0 Å². The van der Waals surface area contributed by atoms with E-state index in [1.165, 1.54) is 0 Å². The summed E-state index contributed by atoms with van der Waals surface area (Å²) in [7, 11) is 5.97. The summed E-state index contributed by atoms with van der Waals surface area (Å²) in [6, 6.07) is 2.08. The van der Waals surface area contributed by atoms with Crippen LogP contribution in [0.1, 0.15) is 0 Å². The first-order valence-electron chi connectivity index (χ1n) is 2.24. The first-order chi connectivity index (χ1) is 3.06. The lowest BCUT2D eigenvalue weighted by Gasteiger charge is -2.18. The molecule has 0 N–H and O–H groups in total. The van der Waals surface area contributed by atoms with E-state index in [0.717, 1.165) is 4.48 Å². The first kappa shape index (κ1) is 10.8. The molecule has 0 fully saturated rings. The largest absolute Gasteiger partial charge is 1.00 e. The molecule has 0 rings (SSSR count). The van der Waals surface area contributed by atoms with Crippen LogP contribution in [0.2, 0.25) is 0 Å². The van der Waals surface area contributed by atoms with E-state index in [2.05, 4.69) is 6.07 Å².